The van der Waals surface area contributed by atoms with Crippen LogP contribution in [0.25, 0.3) is 0 Å². The predicted molar refractivity (Wildman–Crippen MR) is 69.7 cm³/mol. The van der Waals surface area contributed by atoms with Crippen LogP contribution in [0.2, 0.25) is 0 Å². The van der Waals surface area contributed by atoms with Gasteiger partial charge in [0.15, 0.2) is 0 Å². The molecule has 102 valence electrons. The number of hydrogen-bond acceptors (Lipinski definition) is 4. The molecule has 3 unspecified atom stereocenters. The van der Waals surface area contributed by atoms with Crippen LogP contribution in [-0.4, -0.2) is 56.7 Å². The van der Waals surface area contributed by atoms with Gasteiger partial charge in [-0.1, -0.05) is 6.92 Å². The largest absolute Gasteiger partial charge is 0.393 e. The third kappa shape index (κ3) is 5.84. The average Bonchev–Trinajstić information content (AvgIpc) is 2.20. The molecule has 17 heavy (non-hydrogen) atoms. The first kappa shape index (κ1) is 14.9. The first-order chi connectivity index (χ1) is 7.78. The summed E-state index contributed by atoms with van der Waals surface area (Å²) < 4.78 is 22.1. The molecule has 1 fully saturated rings. The van der Waals surface area contributed by atoms with Gasteiger partial charge < -0.3 is 10.0 Å². The molecule has 0 saturated heterocycles. The first-order valence-corrected chi connectivity index (χ1v) is 8.38. The van der Waals surface area contributed by atoms with Gasteiger partial charge in [-0.2, -0.15) is 0 Å². The van der Waals surface area contributed by atoms with Gasteiger partial charge in [0, 0.05) is 19.3 Å². The van der Waals surface area contributed by atoms with Crippen molar-refractivity contribution in [2.45, 2.75) is 32.3 Å². The molecule has 3 atom stereocenters. The van der Waals surface area contributed by atoms with E-state index in [1.54, 1.807) is 0 Å². The number of aliphatic hydroxyl groups excluding tert-OH is 1. The molecule has 1 aliphatic rings. The second-order valence-electron chi connectivity index (χ2n) is 5.64. The number of aliphatic hydroxyl groups is 1. The van der Waals surface area contributed by atoms with E-state index in [-0.39, 0.29) is 11.9 Å². The van der Waals surface area contributed by atoms with E-state index in [2.05, 4.69) is 6.92 Å². The second-order valence-corrected chi connectivity index (χ2v) is 7.90. The molecule has 5 heteroatoms. The third-order valence-electron chi connectivity index (χ3n) is 3.59. The molecule has 0 bridgehead atoms. The van der Waals surface area contributed by atoms with Crippen molar-refractivity contribution in [2.24, 2.45) is 11.8 Å². The summed E-state index contributed by atoms with van der Waals surface area (Å²) in [5.41, 5.74) is 0. The molecule has 1 N–H and O–H groups in total. The van der Waals surface area contributed by atoms with Crippen molar-refractivity contribution in [3.8, 4) is 0 Å². The zero-order valence-electron chi connectivity index (χ0n) is 11.1. The molecule has 1 rings (SSSR count). The summed E-state index contributed by atoms with van der Waals surface area (Å²) in [4.78, 5) is 2.02. The monoisotopic (exact) mass is 263 g/mol. The van der Waals surface area contributed by atoms with Crippen molar-refractivity contribution < 1.29 is 13.5 Å². The fourth-order valence-corrected chi connectivity index (χ4v) is 3.14. The van der Waals surface area contributed by atoms with Crippen LogP contribution in [0.5, 0.6) is 0 Å². The van der Waals surface area contributed by atoms with Gasteiger partial charge >= 0.3 is 0 Å². The minimum absolute atomic E-state index is 0.196. The number of hydrogen-bond donors (Lipinski definition) is 1. The van der Waals surface area contributed by atoms with Crippen LogP contribution in [0.15, 0.2) is 0 Å². The van der Waals surface area contributed by atoms with Crippen LogP contribution >= 0.6 is 0 Å². The summed E-state index contributed by atoms with van der Waals surface area (Å²) in [6, 6.07) is 0. The Hall–Kier alpha value is -0.130. The van der Waals surface area contributed by atoms with Crippen LogP contribution < -0.4 is 0 Å². The number of sulfone groups is 1. The molecule has 1 saturated carbocycles. The Bertz CT molecular complexity index is 329. The van der Waals surface area contributed by atoms with Crippen molar-refractivity contribution in [1.29, 1.82) is 0 Å². The Labute approximate surface area is 105 Å². The van der Waals surface area contributed by atoms with Crippen molar-refractivity contribution >= 4 is 9.84 Å². The molecule has 0 aromatic heterocycles. The zero-order chi connectivity index (χ0) is 13.1. The minimum atomic E-state index is -2.89. The fourth-order valence-electron chi connectivity index (χ4n) is 2.49. The van der Waals surface area contributed by atoms with E-state index in [0.717, 1.165) is 25.8 Å². The van der Waals surface area contributed by atoms with E-state index in [4.69, 9.17) is 0 Å². The Balaban J connectivity index is 2.36. The van der Waals surface area contributed by atoms with Gasteiger partial charge in [0.25, 0.3) is 0 Å². The van der Waals surface area contributed by atoms with Gasteiger partial charge in [-0.25, -0.2) is 8.42 Å². The normalized spacial score (nSPS) is 30.8. The highest BCUT2D eigenvalue weighted by atomic mass is 32.2. The Morgan fingerprint density at radius 3 is 2.59 bits per heavy atom. The van der Waals surface area contributed by atoms with Crippen LogP contribution in [-0.2, 0) is 9.84 Å². The molecular formula is C12H25NO3S. The van der Waals surface area contributed by atoms with E-state index in [9.17, 15) is 13.5 Å². The number of rotatable bonds is 5. The van der Waals surface area contributed by atoms with Gasteiger partial charge in [-0.05, 0) is 38.1 Å². The number of nitrogens with zero attached hydrogens (tertiary/aromatic N) is 1. The summed E-state index contributed by atoms with van der Waals surface area (Å²) in [7, 11) is -0.961. The van der Waals surface area contributed by atoms with E-state index < -0.39 is 9.84 Å². The van der Waals surface area contributed by atoms with Gasteiger partial charge in [0.1, 0.15) is 9.84 Å². The molecule has 0 aromatic carbocycles. The fraction of sp³-hybridized carbons (Fsp3) is 1.00. The van der Waals surface area contributed by atoms with Gasteiger partial charge in [-0.15, -0.1) is 0 Å². The molecule has 0 amide bonds. The summed E-state index contributed by atoms with van der Waals surface area (Å²) in [6.45, 7) is 3.56. The summed E-state index contributed by atoms with van der Waals surface area (Å²) in [6.07, 6.45) is 4.08. The first-order valence-electron chi connectivity index (χ1n) is 6.32. The lowest BCUT2D eigenvalue weighted by Crippen LogP contribution is -2.38. The highest BCUT2D eigenvalue weighted by Gasteiger charge is 2.27. The predicted octanol–water partition coefficient (Wildman–Crippen LogP) is 0.760. The molecule has 0 radical (unpaired) electrons. The third-order valence-corrected chi connectivity index (χ3v) is 4.52. The van der Waals surface area contributed by atoms with E-state index in [1.807, 2.05) is 11.9 Å². The molecule has 0 spiro atoms. The lowest BCUT2D eigenvalue weighted by Gasteiger charge is -2.34. The van der Waals surface area contributed by atoms with Crippen LogP contribution in [0.4, 0.5) is 0 Å². The average molecular weight is 263 g/mol. The lowest BCUT2D eigenvalue weighted by molar-refractivity contribution is 0.0358. The van der Waals surface area contributed by atoms with Crippen molar-refractivity contribution in [1.82, 2.24) is 4.90 Å². The van der Waals surface area contributed by atoms with E-state index >= 15 is 0 Å². The maximum atomic E-state index is 11.1. The van der Waals surface area contributed by atoms with Crippen LogP contribution in [0.3, 0.4) is 0 Å². The zero-order valence-corrected chi connectivity index (χ0v) is 11.9. The van der Waals surface area contributed by atoms with Gasteiger partial charge in [0.2, 0.25) is 0 Å². The standard InChI is InChI=1S/C12H25NO3S/c1-10-4-5-12(14)11(8-10)9-13(2)6-7-17(3,15)16/h10-12,14H,4-9H2,1-3H3. The highest BCUT2D eigenvalue weighted by molar-refractivity contribution is 7.90. The van der Waals surface area contributed by atoms with Gasteiger partial charge in [0.05, 0.1) is 11.9 Å². The molecular weight excluding hydrogens is 238 g/mol. The molecule has 4 nitrogen and oxygen atoms in total. The van der Waals surface area contributed by atoms with E-state index in [0.29, 0.717) is 18.4 Å². The quantitative estimate of drug-likeness (QED) is 0.795. The Morgan fingerprint density at radius 2 is 2.00 bits per heavy atom. The maximum Gasteiger partial charge on any atom is 0.148 e. The summed E-state index contributed by atoms with van der Waals surface area (Å²) >= 11 is 0. The van der Waals surface area contributed by atoms with Crippen molar-refractivity contribution in [2.75, 3.05) is 32.1 Å². The highest BCUT2D eigenvalue weighted by Crippen LogP contribution is 2.29. The van der Waals surface area contributed by atoms with E-state index in [1.165, 1.54) is 6.26 Å². The maximum absolute atomic E-state index is 11.1. The van der Waals surface area contributed by atoms with Crippen molar-refractivity contribution in [3.05, 3.63) is 0 Å². The van der Waals surface area contributed by atoms with Gasteiger partial charge in [-0.3, -0.25) is 0 Å². The SMILES string of the molecule is CC1CCC(O)C(CN(C)CCS(C)(=O)=O)C1. The summed E-state index contributed by atoms with van der Waals surface area (Å²) in [5, 5.41) is 9.92. The summed E-state index contributed by atoms with van der Waals surface area (Å²) in [5.74, 6) is 1.16. The minimum Gasteiger partial charge on any atom is -0.393 e. The van der Waals surface area contributed by atoms with Crippen LogP contribution in [0, 0.1) is 11.8 Å². The molecule has 0 aromatic rings. The molecule has 1 aliphatic carbocycles. The lowest BCUT2D eigenvalue weighted by atomic mass is 9.80. The molecule has 0 aliphatic heterocycles. The smallest absolute Gasteiger partial charge is 0.148 e. The van der Waals surface area contributed by atoms with Crippen molar-refractivity contribution in [3.63, 3.8) is 0 Å². The second kappa shape index (κ2) is 6.16. The Kier molecular flexibility index (Phi) is 5.41. The molecule has 0 heterocycles. The topological polar surface area (TPSA) is 57.6 Å². The Morgan fingerprint density at radius 1 is 1.35 bits per heavy atom. The van der Waals surface area contributed by atoms with Crippen LogP contribution in [0.1, 0.15) is 26.2 Å².